The molecule has 0 bridgehead atoms. The molecule has 0 spiro atoms. The van der Waals surface area contributed by atoms with E-state index in [1.807, 2.05) is 18.2 Å². The molecule has 1 atom stereocenters. The van der Waals surface area contributed by atoms with E-state index in [0.29, 0.717) is 18.5 Å². The van der Waals surface area contributed by atoms with Gasteiger partial charge >= 0.3 is 0 Å². The molecule has 2 N–H and O–H groups in total. The maximum Gasteiger partial charge on any atom is 0.0639 e. The van der Waals surface area contributed by atoms with Gasteiger partial charge in [-0.15, -0.1) is 0 Å². The van der Waals surface area contributed by atoms with E-state index >= 15 is 0 Å². The van der Waals surface area contributed by atoms with Crippen molar-refractivity contribution in [2.75, 3.05) is 18.5 Å². The van der Waals surface area contributed by atoms with E-state index in [4.69, 9.17) is 17.3 Å². The fourth-order valence-corrected chi connectivity index (χ4v) is 3.82. The molecule has 2 aromatic carbocycles. The van der Waals surface area contributed by atoms with Crippen LogP contribution in [0.2, 0.25) is 5.02 Å². The molecular formula is C19H23ClN2. The van der Waals surface area contributed by atoms with Crippen LogP contribution in [0.15, 0.2) is 48.5 Å². The van der Waals surface area contributed by atoms with Crippen LogP contribution in [-0.4, -0.2) is 19.6 Å². The van der Waals surface area contributed by atoms with Crippen LogP contribution in [0.5, 0.6) is 0 Å². The number of halogens is 1. The van der Waals surface area contributed by atoms with Gasteiger partial charge < -0.3 is 10.6 Å². The number of likely N-dealkylation sites (N-methyl/N-ethyl adjacent to an activating group) is 1. The second kappa shape index (κ2) is 6.72. The van der Waals surface area contributed by atoms with Gasteiger partial charge in [0.25, 0.3) is 0 Å². The number of hydrogen-bond donors (Lipinski definition) is 1. The third-order valence-electron chi connectivity index (χ3n) is 4.79. The Kier molecular flexibility index (Phi) is 4.70. The number of fused-ring (bicyclic) bond motifs is 1. The highest BCUT2D eigenvalue weighted by atomic mass is 35.5. The van der Waals surface area contributed by atoms with Gasteiger partial charge in [-0.05, 0) is 48.4 Å². The summed E-state index contributed by atoms with van der Waals surface area (Å²) >= 11 is 6.33. The maximum absolute atomic E-state index is 6.33. The summed E-state index contributed by atoms with van der Waals surface area (Å²) in [6, 6.07) is 17.1. The molecule has 0 saturated heterocycles. The first-order valence-corrected chi connectivity index (χ1v) is 8.31. The molecule has 3 rings (SSSR count). The summed E-state index contributed by atoms with van der Waals surface area (Å²) < 4.78 is 0. The van der Waals surface area contributed by atoms with Crippen LogP contribution in [0.3, 0.4) is 0 Å². The summed E-state index contributed by atoms with van der Waals surface area (Å²) in [5, 5.41) is 0.790. The Morgan fingerprint density at radius 1 is 1.09 bits per heavy atom. The lowest BCUT2D eigenvalue weighted by atomic mass is 9.96. The minimum atomic E-state index is 0.319. The fourth-order valence-electron chi connectivity index (χ4n) is 3.55. The van der Waals surface area contributed by atoms with E-state index in [1.54, 1.807) is 0 Å². The van der Waals surface area contributed by atoms with Crippen molar-refractivity contribution < 1.29 is 0 Å². The minimum absolute atomic E-state index is 0.319. The second-order valence-corrected chi connectivity index (χ2v) is 6.64. The SMILES string of the molecule is CN(c1ccccc1Cl)C(CN)CC1Cc2ccccc2C1. The molecule has 2 aromatic rings. The van der Waals surface area contributed by atoms with Crippen molar-refractivity contribution in [2.45, 2.75) is 25.3 Å². The first-order valence-electron chi connectivity index (χ1n) is 7.93. The Bertz CT molecular complexity index is 616. The van der Waals surface area contributed by atoms with Crippen LogP contribution in [0.1, 0.15) is 17.5 Å². The van der Waals surface area contributed by atoms with Gasteiger partial charge in [0.15, 0.2) is 0 Å². The summed E-state index contributed by atoms with van der Waals surface area (Å²) in [6.45, 7) is 0.647. The topological polar surface area (TPSA) is 29.3 Å². The van der Waals surface area contributed by atoms with Gasteiger partial charge in [0.05, 0.1) is 10.7 Å². The Morgan fingerprint density at radius 3 is 2.27 bits per heavy atom. The van der Waals surface area contributed by atoms with E-state index in [9.17, 15) is 0 Å². The maximum atomic E-state index is 6.33. The number of para-hydroxylation sites is 1. The highest BCUT2D eigenvalue weighted by molar-refractivity contribution is 6.33. The zero-order valence-corrected chi connectivity index (χ0v) is 13.8. The molecule has 2 nitrogen and oxygen atoms in total. The molecule has 1 aliphatic rings. The third-order valence-corrected chi connectivity index (χ3v) is 5.11. The van der Waals surface area contributed by atoms with Crippen LogP contribution < -0.4 is 10.6 Å². The zero-order chi connectivity index (χ0) is 15.5. The smallest absolute Gasteiger partial charge is 0.0639 e. The molecule has 1 aliphatic carbocycles. The van der Waals surface area contributed by atoms with Gasteiger partial charge in [0.1, 0.15) is 0 Å². The Balaban J connectivity index is 1.70. The molecule has 116 valence electrons. The van der Waals surface area contributed by atoms with Gasteiger partial charge in [-0.3, -0.25) is 0 Å². The van der Waals surface area contributed by atoms with Gasteiger partial charge in [0, 0.05) is 19.6 Å². The molecule has 0 aromatic heterocycles. The lowest BCUT2D eigenvalue weighted by Gasteiger charge is -2.31. The second-order valence-electron chi connectivity index (χ2n) is 6.23. The van der Waals surface area contributed by atoms with Crippen molar-refractivity contribution >= 4 is 17.3 Å². The van der Waals surface area contributed by atoms with Crippen molar-refractivity contribution in [3.63, 3.8) is 0 Å². The van der Waals surface area contributed by atoms with E-state index in [0.717, 1.165) is 17.1 Å². The monoisotopic (exact) mass is 314 g/mol. The summed E-state index contributed by atoms with van der Waals surface area (Å²) in [4.78, 5) is 2.24. The number of nitrogens with two attached hydrogens (primary N) is 1. The van der Waals surface area contributed by atoms with Crippen LogP contribution in [-0.2, 0) is 12.8 Å². The predicted molar refractivity (Wildman–Crippen MR) is 94.7 cm³/mol. The highest BCUT2D eigenvalue weighted by Gasteiger charge is 2.26. The van der Waals surface area contributed by atoms with Crippen LogP contribution in [0, 0.1) is 5.92 Å². The molecular weight excluding hydrogens is 292 g/mol. The number of nitrogens with zero attached hydrogens (tertiary/aromatic N) is 1. The van der Waals surface area contributed by atoms with Crippen molar-refractivity contribution in [1.82, 2.24) is 0 Å². The lowest BCUT2D eigenvalue weighted by Crippen LogP contribution is -2.39. The van der Waals surface area contributed by atoms with Crippen LogP contribution in [0.4, 0.5) is 5.69 Å². The minimum Gasteiger partial charge on any atom is -0.369 e. The average molecular weight is 315 g/mol. The number of benzene rings is 2. The predicted octanol–water partition coefficient (Wildman–Crippen LogP) is 3.91. The molecule has 0 fully saturated rings. The lowest BCUT2D eigenvalue weighted by molar-refractivity contribution is 0.442. The quantitative estimate of drug-likeness (QED) is 0.906. The Hall–Kier alpha value is -1.51. The number of hydrogen-bond acceptors (Lipinski definition) is 2. The van der Waals surface area contributed by atoms with E-state index in [-0.39, 0.29) is 0 Å². The normalized spacial score (nSPS) is 15.6. The largest absolute Gasteiger partial charge is 0.369 e. The Labute approximate surface area is 137 Å². The fraction of sp³-hybridized carbons (Fsp3) is 0.368. The summed E-state index contributed by atoms with van der Waals surface area (Å²) in [7, 11) is 2.10. The van der Waals surface area contributed by atoms with Crippen molar-refractivity contribution in [2.24, 2.45) is 11.7 Å². The molecule has 0 aliphatic heterocycles. The van der Waals surface area contributed by atoms with Gasteiger partial charge in [-0.25, -0.2) is 0 Å². The first-order chi connectivity index (χ1) is 10.7. The summed E-state index contributed by atoms with van der Waals surface area (Å²) in [5.41, 5.74) is 10.1. The molecule has 3 heteroatoms. The van der Waals surface area contributed by atoms with E-state index in [2.05, 4.69) is 42.3 Å². The molecule has 0 amide bonds. The number of rotatable bonds is 5. The summed E-state index contributed by atoms with van der Waals surface area (Å²) in [6.07, 6.45) is 3.44. The first kappa shape index (κ1) is 15.4. The average Bonchev–Trinajstić information content (AvgIpc) is 2.95. The molecule has 0 radical (unpaired) electrons. The molecule has 0 saturated carbocycles. The van der Waals surface area contributed by atoms with Crippen molar-refractivity contribution in [3.05, 3.63) is 64.7 Å². The Morgan fingerprint density at radius 2 is 1.68 bits per heavy atom. The zero-order valence-electron chi connectivity index (χ0n) is 13.0. The van der Waals surface area contributed by atoms with Gasteiger partial charge in [-0.2, -0.15) is 0 Å². The van der Waals surface area contributed by atoms with Crippen LogP contribution in [0.25, 0.3) is 0 Å². The molecule has 1 unspecified atom stereocenters. The standard InChI is InChI=1S/C19H23ClN2/c1-22(19-9-5-4-8-18(19)20)17(13-21)12-14-10-15-6-2-3-7-16(15)11-14/h2-9,14,17H,10-13,21H2,1H3. The summed E-state index contributed by atoms with van der Waals surface area (Å²) in [5.74, 6) is 0.677. The van der Waals surface area contributed by atoms with E-state index in [1.165, 1.54) is 24.0 Å². The third kappa shape index (κ3) is 3.13. The van der Waals surface area contributed by atoms with Gasteiger partial charge in [-0.1, -0.05) is 48.0 Å². The number of anilines is 1. The molecule has 0 heterocycles. The highest BCUT2D eigenvalue weighted by Crippen LogP contribution is 2.32. The molecule has 22 heavy (non-hydrogen) atoms. The van der Waals surface area contributed by atoms with Crippen molar-refractivity contribution in [3.8, 4) is 0 Å². The van der Waals surface area contributed by atoms with E-state index < -0.39 is 0 Å². The van der Waals surface area contributed by atoms with Crippen LogP contribution >= 0.6 is 11.6 Å². The van der Waals surface area contributed by atoms with Gasteiger partial charge in [0.2, 0.25) is 0 Å². The van der Waals surface area contributed by atoms with Crippen molar-refractivity contribution in [1.29, 1.82) is 0 Å².